The van der Waals surface area contributed by atoms with Gasteiger partial charge in [-0.2, -0.15) is 0 Å². The average Bonchev–Trinajstić information content (AvgIpc) is 2.92. The van der Waals surface area contributed by atoms with Crippen molar-refractivity contribution in [2.75, 3.05) is 6.54 Å². The molecule has 1 aromatic carbocycles. The third-order valence-electron chi connectivity index (χ3n) is 5.45. The lowest BCUT2D eigenvalue weighted by atomic mass is 9.90. The SMILES string of the molecule is CCN1C(=O)C2C(C1=O)[C@@H]1C=CC(=O)[C@H]2N1Cc1cccc(C)c1. The molecule has 24 heavy (non-hydrogen) atoms. The Morgan fingerprint density at radius 3 is 2.54 bits per heavy atom. The van der Waals surface area contributed by atoms with E-state index in [1.807, 2.05) is 36.1 Å². The molecular weight excluding hydrogens is 304 g/mol. The van der Waals surface area contributed by atoms with Gasteiger partial charge < -0.3 is 0 Å². The van der Waals surface area contributed by atoms with Crippen molar-refractivity contribution in [2.24, 2.45) is 11.8 Å². The number of imide groups is 1. The van der Waals surface area contributed by atoms with Gasteiger partial charge in [-0.3, -0.25) is 24.2 Å². The third kappa shape index (κ3) is 2.01. The highest BCUT2D eigenvalue weighted by molar-refractivity contribution is 6.11. The minimum absolute atomic E-state index is 0.0643. The van der Waals surface area contributed by atoms with Gasteiger partial charge in [-0.05, 0) is 25.5 Å². The van der Waals surface area contributed by atoms with E-state index >= 15 is 0 Å². The molecule has 0 N–H and O–H groups in total. The highest BCUT2D eigenvalue weighted by Gasteiger charge is 2.63. The zero-order valence-electron chi connectivity index (χ0n) is 13.8. The van der Waals surface area contributed by atoms with Crippen LogP contribution < -0.4 is 0 Å². The van der Waals surface area contributed by atoms with Crippen LogP contribution in [0.4, 0.5) is 0 Å². The first kappa shape index (κ1) is 15.3. The molecule has 0 aliphatic carbocycles. The van der Waals surface area contributed by atoms with Gasteiger partial charge >= 0.3 is 0 Å². The maximum Gasteiger partial charge on any atom is 0.235 e. The van der Waals surface area contributed by atoms with E-state index in [2.05, 4.69) is 6.07 Å². The summed E-state index contributed by atoms with van der Waals surface area (Å²) in [6.07, 6.45) is 3.36. The van der Waals surface area contributed by atoms with Gasteiger partial charge in [0, 0.05) is 19.1 Å². The first-order valence-corrected chi connectivity index (χ1v) is 8.41. The Balaban J connectivity index is 1.71. The second-order valence-electron chi connectivity index (χ2n) is 6.83. The van der Waals surface area contributed by atoms with Crippen LogP contribution in [0.1, 0.15) is 18.1 Å². The van der Waals surface area contributed by atoms with E-state index in [9.17, 15) is 14.4 Å². The van der Waals surface area contributed by atoms with Gasteiger partial charge in [0.25, 0.3) is 0 Å². The lowest BCUT2D eigenvalue weighted by molar-refractivity contribution is -0.142. The third-order valence-corrected chi connectivity index (χ3v) is 5.45. The van der Waals surface area contributed by atoms with E-state index < -0.39 is 17.9 Å². The highest BCUT2D eigenvalue weighted by atomic mass is 16.2. The van der Waals surface area contributed by atoms with E-state index in [1.54, 1.807) is 13.0 Å². The summed E-state index contributed by atoms with van der Waals surface area (Å²) in [5.74, 6) is -1.34. The molecule has 3 aliphatic heterocycles. The molecule has 5 heteroatoms. The quantitative estimate of drug-likeness (QED) is 0.787. The molecule has 2 fully saturated rings. The molecule has 3 aliphatic rings. The number of hydrogen-bond acceptors (Lipinski definition) is 4. The number of amides is 2. The van der Waals surface area contributed by atoms with Crippen molar-refractivity contribution < 1.29 is 14.4 Å². The molecule has 5 nitrogen and oxygen atoms in total. The number of rotatable bonds is 3. The first-order chi connectivity index (χ1) is 11.5. The zero-order chi connectivity index (χ0) is 17.0. The Bertz CT molecular complexity index is 770. The van der Waals surface area contributed by atoms with Crippen LogP contribution in [0, 0.1) is 18.8 Å². The van der Waals surface area contributed by atoms with Crippen LogP contribution in [0.3, 0.4) is 0 Å². The lowest BCUT2D eigenvalue weighted by Crippen LogP contribution is -2.48. The maximum atomic E-state index is 12.7. The Morgan fingerprint density at radius 2 is 1.83 bits per heavy atom. The van der Waals surface area contributed by atoms with Crippen molar-refractivity contribution in [2.45, 2.75) is 32.5 Å². The predicted molar refractivity (Wildman–Crippen MR) is 87.8 cm³/mol. The summed E-state index contributed by atoms with van der Waals surface area (Å²) in [6, 6.07) is 7.43. The van der Waals surface area contributed by atoms with Gasteiger partial charge in [-0.1, -0.05) is 35.9 Å². The summed E-state index contributed by atoms with van der Waals surface area (Å²) < 4.78 is 0. The summed E-state index contributed by atoms with van der Waals surface area (Å²) in [5, 5.41) is 0. The van der Waals surface area contributed by atoms with Crippen molar-refractivity contribution in [3.05, 3.63) is 47.5 Å². The average molecular weight is 324 g/mol. The van der Waals surface area contributed by atoms with Crippen molar-refractivity contribution >= 4 is 17.6 Å². The van der Waals surface area contributed by atoms with E-state index in [-0.39, 0.29) is 23.6 Å². The minimum Gasteiger partial charge on any atom is -0.293 e. The fraction of sp³-hybridized carbons (Fsp3) is 0.421. The van der Waals surface area contributed by atoms with E-state index in [0.717, 1.165) is 11.1 Å². The van der Waals surface area contributed by atoms with Crippen LogP contribution in [0.2, 0.25) is 0 Å². The smallest absolute Gasteiger partial charge is 0.235 e. The predicted octanol–water partition coefficient (Wildman–Crippen LogP) is 1.31. The Hall–Kier alpha value is -2.27. The monoisotopic (exact) mass is 324 g/mol. The number of ketones is 1. The molecule has 2 unspecified atom stereocenters. The molecule has 0 radical (unpaired) electrons. The minimum atomic E-state index is -0.533. The molecule has 3 heterocycles. The lowest BCUT2D eigenvalue weighted by Gasteiger charge is -2.33. The van der Waals surface area contributed by atoms with Crippen LogP contribution in [-0.4, -0.2) is 46.0 Å². The molecular formula is C19H20N2O3. The molecule has 4 rings (SSSR count). The molecule has 2 amide bonds. The number of aryl methyl sites for hydroxylation is 1. The molecule has 4 atom stereocenters. The molecule has 0 saturated carbocycles. The summed E-state index contributed by atoms with van der Waals surface area (Å²) in [6.45, 7) is 4.78. The second-order valence-corrected chi connectivity index (χ2v) is 6.83. The van der Waals surface area contributed by atoms with Crippen LogP contribution in [0.15, 0.2) is 36.4 Å². The molecule has 2 bridgehead atoms. The summed E-state index contributed by atoms with van der Waals surface area (Å²) in [7, 11) is 0. The maximum absolute atomic E-state index is 12.7. The fourth-order valence-electron chi connectivity index (χ4n) is 4.46. The summed E-state index contributed by atoms with van der Waals surface area (Å²) >= 11 is 0. The molecule has 124 valence electrons. The van der Waals surface area contributed by atoms with Gasteiger partial charge in [-0.15, -0.1) is 0 Å². The fourth-order valence-corrected chi connectivity index (χ4v) is 4.46. The van der Waals surface area contributed by atoms with Crippen LogP contribution in [0.25, 0.3) is 0 Å². The largest absolute Gasteiger partial charge is 0.293 e. The van der Waals surface area contributed by atoms with Crippen LogP contribution >= 0.6 is 0 Å². The zero-order valence-corrected chi connectivity index (χ0v) is 13.8. The molecule has 0 aromatic heterocycles. The van der Waals surface area contributed by atoms with Gasteiger partial charge in [0.1, 0.15) is 0 Å². The summed E-state index contributed by atoms with van der Waals surface area (Å²) in [4.78, 5) is 41.2. The van der Waals surface area contributed by atoms with E-state index in [4.69, 9.17) is 0 Å². The van der Waals surface area contributed by atoms with Gasteiger partial charge in [0.2, 0.25) is 11.8 Å². The van der Waals surface area contributed by atoms with Crippen molar-refractivity contribution in [3.8, 4) is 0 Å². The Morgan fingerprint density at radius 1 is 1.08 bits per heavy atom. The van der Waals surface area contributed by atoms with Crippen LogP contribution in [0.5, 0.6) is 0 Å². The number of carbonyl (C=O) groups is 3. The van der Waals surface area contributed by atoms with Crippen LogP contribution in [-0.2, 0) is 20.9 Å². The molecule has 0 spiro atoms. The Labute approximate surface area is 140 Å². The van der Waals surface area contributed by atoms with Gasteiger partial charge in [-0.25, -0.2) is 0 Å². The number of hydrogen-bond donors (Lipinski definition) is 0. The van der Waals surface area contributed by atoms with E-state index in [0.29, 0.717) is 13.1 Å². The standard InChI is InChI=1S/C19H20N2O3/c1-3-20-18(23)15-13-7-8-14(22)17(16(15)19(20)24)21(13)10-12-6-4-5-11(2)9-12/h4-9,13,15-17H,3,10H2,1-2H3/t13-,15?,16?,17+/m0/s1. The molecule has 2 saturated heterocycles. The Kier molecular flexibility index (Phi) is 3.42. The summed E-state index contributed by atoms with van der Waals surface area (Å²) in [5.41, 5.74) is 2.25. The first-order valence-electron chi connectivity index (χ1n) is 8.41. The van der Waals surface area contributed by atoms with E-state index in [1.165, 1.54) is 4.90 Å². The van der Waals surface area contributed by atoms with Gasteiger partial charge in [0.05, 0.1) is 17.9 Å². The van der Waals surface area contributed by atoms with Crippen molar-refractivity contribution in [3.63, 3.8) is 0 Å². The number of benzene rings is 1. The number of likely N-dealkylation sites (tertiary alicyclic amines) is 1. The van der Waals surface area contributed by atoms with Gasteiger partial charge in [0.15, 0.2) is 5.78 Å². The van der Waals surface area contributed by atoms with Crippen molar-refractivity contribution in [1.29, 1.82) is 0 Å². The number of carbonyl (C=O) groups excluding carboxylic acids is 3. The highest BCUT2D eigenvalue weighted by Crippen LogP contribution is 2.46. The second kappa shape index (κ2) is 5.38. The number of fused-ring (bicyclic) bond motifs is 5. The topological polar surface area (TPSA) is 57.7 Å². The molecule has 1 aromatic rings. The number of nitrogens with zero attached hydrogens (tertiary/aromatic N) is 2. The van der Waals surface area contributed by atoms with Crippen molar-refractivity contribution in [1.82, 2.24) is 9.80 Å². The normalized spacial score (nSPS) is 31.9.